The SMILES string of the molecule is COc1cc(OC)c(C=CC(=O)c2ccc(C(=O)O)cc2)c(-c2cccs2)c1. The summed E-state index contributed by atoms with van der Waals surface area (Å²) in [6.45, 7) is 0. The molecule has 1 aromatic heterocycles. The molecule has 3 rings (SSSR count). The van der Waals surface area contributed by atoms with Gasteiger partial charge in [-0.1, -0.05) is 18.2 Å². The van der Waals surface area contributed by atoms with Crippen LogP contribution in [0.4, 0.5) is 0 Å². The van der Waals surface area contributed by atoms with E-state index in [0.29, 0.717) is 17.1 Å². The molecular weight excluding hydrogens is 376 g/mol. The summed E-state index contributed by atoms with van der Waals surface area (Å²) in [5.74, 6) is -0.00829. The number of thiophene rings is 1. The standard InChI is InChI=1S/C22H18O5S/c1-26-16-12-18(21-4-3-11-28-21)17(20(13-16)27-2)9-10-19(23)14-5-7-15(8-6-14)22(24)25/h3-13H,1-2H3,(H,24,25). The highest BCUT2D eigenvalue weighted by Crippen LogP contribution is 2.38. The molecule has 1 N–H and O–H groups in total. The predicted molar refractivity (Wildman–Crippen MR) is 110 cm³/mol. The number of ether oxygens (including phenoxy) is 2. The van der Waals surface area contributed by atoms with Gasteiger partial charge in [-0.25, -0.2) is 4.79 Å². The van der Waals surface area contributed by atoms with Crippen molar-refractivity contribution in [3.8, 4) is 21.9 Å². The van der Waals surface area contributed by atoms with E-state index in [1.807, 2.05) is 23.6 Å². The first-order chi connectivity index (χ1) is 13.5. The zero-order valence-electron chi connectivity index (χ0n) is 15.3. The van der Waals surface area contributed by atoms with Gasteiger partial charge in [0.25, 0.3) is 0 Å². The molecule has 0 spiro atoms. The molecule has 1 heterocycles. The zero-order valence-corrected chi connectivity index (χ0v) is 16.2. The van der Waals surface area contributed by atoms with E-state index in [0.717, 1.165) is 16.0 Å². The summed E-state index contributed by atoms with van der Waals surface area (Å²) >= 11 is 1.58. The maximum Gasteiger partial charge on any atom is 0.335 e. The number of aromatic carboxylic acids is 1. The first-order valence-corrected chi connectivity index (χ1v) is 9.27. The highest BCUT2D eigenvalue weighted by atomic mass is 32.1. The van der Waals surface area contributed by atoms with Crippen LogP contribution in [-0.2, 0) is 0 Å². The Labute approximate surface area is 166 Å². The minimum atomic E-state index is -1.03. The molecule has 0 saturated carbocycles. The quantitative estimate of drug-likeness (QED) is 0.450. The van der Waals surface area contributed by atoms with E-state index in [1.54, 1.807) is 37.7 Å². The molecule has 0 unspecified atom stereocenters. The van der Waals surface area contributed by atoms with Gasteiger partial charge in [0.15, 0.2) is 5.78 Å². The van der Waals surface area contributed by atoms with E-state index in [1.165, 1.54) is 30.3 Å². The fourth-order valence-electron chi connectivity index (χ4n) is 2.73. The molecule has 3 aromatic rings. The molecule has 0 fully saturated rings. The lowest BCUT2D eigenvalue weighted by Gasteiger charge is -2.13. The van der Waals surface area contributed by atoms with Crippen molar-refractivity contribution in [1.29, 1.82) is 0 Å². The number of rotatable bonds is 7. The van der Waals surface area contributed by atoms with Crippen LogP contribution in [0.25, 0.3) is 16.5 Å². The van der Waals surface area contributed by atoms with Gasteiger partial charge < -0.3 is 14.6 Å². The van der Waals surface area contributed by atoms with Gasteiger partial charge in [-0.2, -0.15) is 0 Å². The Hall–Kier alpha value is -3.38. The first-order valence-electron chi connectivity index (χ1n) is 8.39. The summed E-state index contributed by atoms with van der Waals surface area (Å²) in [5.41, 5.74) is 2.21. The monoisotopic (exact) mass is 394 g/mol. The number of carboxylic acid groups (broad SMARTS) is 1. The third-order valence-electron chi connectivity index (χ3n) is 4.18. The molecule has 5 nitrogen and oxygen atoms in total. The lowest BCUT2D eigenvalue weighted by molar-refractivity contribution is 0.0696. The number of allylic oxidation sites excluding steroid dienone is 1. The predicted octanol–water partition coefficient (Wildman–Crippen LogP) is 5.03. The number of hydrogen-bond donors (Lipinski definition) is 1. The summed E-state index contributed by atoms with van der Waals surface area (Å²) in [6, 6.07) is 13.4. The number of ketones is 1. The molecular formula is C22H18O5S. The first kappa shape index (κ1) is 19.4. The number of benzene rings is 2. The molecule has 142 valence electrons. The van der Waals surface area contributed by atoms with Crippen LogP contribution in [0.5, 0.6) is 11.5 Å². The Morgan fingerprint density at radius 3 is 2.29 bits per heavy atom. The van der Waals surface area contributed by atoms with Gasteiger partial charge >= 0.3 is 5.97 Å². The lowest BCUT2D eigenvalue weighted by Crippen LogP contribution is -1.99. The summed E-state index contributed by atoms with van der Waals surface area (Å²) in [5, 5.41) is 10.9. The Kier molecular flexibility index (Phi) is 5.91. The van der Waals surface area contributed by atoms with E-state index in [-0.39, 0.29) is 11.3 Å². The van der Waals surface area contributed by atoms with E-state index in [2.05, 4.69) is 0 Å². The van der Waals surface area contributed by atoms with Gasteiger partial charge in [-0.05, 0) is 41.8 Å². The smallest absolute Gasteiger partial charge is 0.335 e. The van der Waals surface area contributed by atoms with Crippen LogP contribution in [0.1, 0.15) is 26.3 Å². The molecule has 6 heteroatoms. The third-order valence-corrected chi connectivity index (χ3v) is 5.08. The summed E-state index contributed by atoms with van der Waals surface area (Å²) in [7, 11) is 3.16. The molecule has 0 radical (unpaired) electrons. The second-order valence-electron chi connectivity index (χ2n) is 5.85. The van der Waals surface area contributed by atoms with Crippen molar-refractivity contribution >= 4 is 29.2 Å². The topological polar surface area (TPSA) is 72.8 Å². The third kappa shape index (κ3) is 4.13. The van der Waals surface area contributed by atoms with Crippen LogP contribution in [0.15, 0.2) is 60.0 Å². The van der Waals surface area contributed by atoms with Gasteiger partial charge in [-0.15, -0.1) is 11.3 Å². The molecule has 0 bridgehead atoms. The second kappa shape index (κ2) is 8.54. The second-order valence-corrected chi connectivity index (χ2v) is 6.80. The number of hydrogen-bond acceptors (Lipinski definition) is 5. The van der Waals surface area contributed by atoms with E-state index >= 15 is 0 Å². The Bertz CT molecular complexity index is 1020. The van der Waals surface area contributed by atoms with Crippen molar-refractivity contribution in [3.63, 3.8) is 0 Å². The molecule has 28 heavy (non-hydrogen) atoms. The highest BCUT2D eigenvalue weighted by Gasteiger charge is 2.14. The minimum Gasteiger partial charge on any atom is -0.497 e. The molecule has 0 aliphatic carbocycles. The molecule has 0 aliphatic rings. The van der Waals surface area contributed by atoms with E-state index < -0.39 is 5.97 Å². The lowest BCUT2D eigenvalue weighted by atomic mass is 10.0. The zero-order chi connectivity index (χ0) is 20.1. The van der Waals surface area contributed by atoms with Crippen LogP contribution in [0, 0.1) is 0 Å². The Balaban J connectivity index is 1.98. The number of methoxy groups -OCH3 is 2. The fraction of sp³-hybridized carbons (Fsp3) is 0.0909. The van der Waals surface area contributed by atoms with Gasteiger partial charge in [0, 0.05) is 27.6 Å². The van der Waals surface area contributed by atoms with E-state index in [9.17, 15) is 9.59 Å². The summed E-state index contributed by atoms with van der Waals surface area (Å²) in [6.07, 6.45) is 3.16. The van der Waals surface area contributed by atoms with Crippen LogP contribution < -0.4 is 9.47 Å². The largest absolute Gasteiger partial charge is 0.497 e. The number of carboxylic acids is 1. The van der Waals surface area contributed by atoms with Crippen molar-refractivity contribution < 1.29 is 24.2 Å². The van der Waals surface area contributed by atoms with Crippen molar-refractivity contribution in [2.24, 2.45) is 0 Å². The molecule has 2 aromatic carbocycles. The average Bonchev–Trinajstić information content (AvgIpc) is 3.26. The van der Waals surface area contributed by atoms with Gasteiger partial charge in [0.1, 0.15) is 11.5 Å². The average molecular weight is 394 g/mol. The van der Waals surface area contributed by atoms with Gasteiger partial charge in [-0.3, -0.25) is 4.79 Å². The maximum atomic E-state index is 12.5. The van der Waals surface area contributed by atoms with Crippen molar-refractivity contribution in [1.82, 2.24) is 0 Å². The normalized spacial score (nSPS) is 10.8. The summed E-state index contributed by atoms with van der Waals surface area (Å²) < 4.78 is 10.9. The van der Waals surface area contributed by atoms with Gasteiger partial charge in [0.05, 0.1) is 19.8 Å². The van der Waals surface area contributed by atoms with Crippen LogP contribution in [0.2, 0.25) is 0 Å². The maximum absolute atomic E-state index is 12.5. The van der Waals surface area contributed by atoms with E-state index in [4.69, 9.17) is 14.6 Å². The highest BCUT2D eigenvalue weighted by molar-refractivity contribution is 7.13. The minimum absolute atomic E-state index is 0.136. The molecule has 0 amide bonds. The van der Waals surface area contributed by atoms with Crippen molar-refractivity contribution in [2.45, 2.75) is 0 Å². The molecule has 0 atom stereocenters. The van der Waals surface area contributed by atoms with Crippen molar-refractivity contribution in [2.75, 3.05) is 14.2 Å². The fourth-order valence-corrected chi connectivity index (χ4v) is 3.48. The number of carbonyl (C=O) groups is 2. The Morgan fingerprint density at radius 1 is 1.00 bits per heavy atom. The summed E-state index contributed by atoms with van der Waals surface area (Å²) in [4.78, 5) is 24.5. The number of carbonyl (C=O) groups excluding carboxylic acids is 1. The Morgan fingerprint density at radius 2 is 1.71 bits per heavy atom. The van der Waals surface area contributed by atoms with Crippen LogP contribution in [0.3, 0.4) is 0 Å². The van der Waals surface area contributed by atoms with Crippen LogP contribution >= 0.6 is 11.3 Å². The van der Waals surface area contributed by atoms with Gasteiger partial charge in [0.2, 0.25) is 0 Å². The molecule has 0 aliphatic heterocycles. The molecule has 0 saturated heterocycles. The van der Waals surface area contributed by atoms with Crippen LogP contribution in [-0.4, -0.2) is 31.1 Å². The van der Waals surface area contributed by atoms with Crippen molar-refractivity contribution in [3.05, 3.63) is 76.7 Å².